The molecule has 1 aliphatic rings. The van der Waals surface area contributed by atoms with Gasteiger partial charge < -0.3 is 4.90 Å². The van der Waals surface area contributed by atoms with E-state index in [0.717, 1.165) is 36.8 Å². The molecule has 0 spiro atoms. The molecule has 0 N–H and O–H groups in total. The van der Waals surface area contributed by atoms with Gasteiger partial charge in [0.1, 0.15) is 0 Å². The zero-order valence-electron chi connectivity index (χ0n) is 20.3. The summed E-state index contributed by atoms with van der Waals surface area (Å²) in [6.45, 7) is 1.42. The molecule has 0 heterocycles. The fourth-order valence-corrected chi connectivity index (χ4v) is 6.43. The normalized spacial score (nSPS) is 18.3. The fourth-order valence-electron chi connectivity index (χ4n) is 4.90. The van der Waals surface area contributed by atoms with Crippen LogP contribution in [0.1, 0.15) is 36.8 Å². The minimum absolute atomic E-state index is 0.00765. The van der Waals surface area contributed by atoms with Gasteiger partial charge in [0, 0.05) is 32.6 Å². The Labute approximate surface area is 209 Å². The maximum absolute atomic E-state index is 13.5. The number of sulfonamides is 1. The highest BCUT2D eigenvalue weighted by atomic mass is 32.2. The highest BCUT2D eigenvalue weighted by Crippen LogP contribution is 2.32. The van der Waals surface area contributed by atoms with Gasteiger partial charge in [-0.2, -0.15) is 4.31 Å². The predicted octanol–water partition coefficient (Wildman–Crippen LogP) is 5.34. The van der Waals surface area contributed by atoms with Gasteiger partial charge in [-0.15, -0.1) is 0 Å². The van der Waals surface area contributed by atoms with Gasteiger partial charge in [-0.3, -0.25) is 4.79 Å². The van der Waals surface area contributed by atoms with Gasteiger partial charge in [0.25, 0.3) is 0 Å². The lowest BCUT2D eigenvalue weighted by atomic mass is 9.81. The number of amides is 1. The first-order valence-corrected chi connectivity index (χ1v) is 13.8. The van der Waals surface area contributed by atoms with Crippen LogP contribution in [0.15, 0.2) is 95.9 Å². The molecule has 0 radical (unpaired) electrons. The minimum Gasteiger partial charge on any atom is -0.341 e. The average molecular weight is 491 g/mol. The SMILES string of the molecule is CN(Cc1ccccc1)C(=O)C1CCC(CN(Cc2ccccc2)S(=O)(=O)c2ccccc2)CC1. The van der Waals surface area contributed by atoms with Gasteiger partial charge in [-0.1, -0.05) is 78.9 Å². The molecule has 0 saturated heterocycles. The van der Waals surface area contributed by atoms with E-state index in [2.05, 4.69) is 0 Å². The number of hydrogen-bond donors (Lipinski definition) is 0. The van der Waals surface area contributed by atoms with E-state index < -0.39 is 10.0 Å². The van der Waals surface area contributed by atoms with Gasteiger partial charge >= 0.3 is 0 Å². The van der Waals surface area contributed by atoms with Crippen LogP contribution in [0.5, 0.6) is 0 Å². The lowest BCUT2D eigenvalue weighted by molar-refractivity contribution is -0.136. The highest BCUT2D eigenvalue weighted by molar-refractivity contribution is 7.89. The summed E-state index contributed by atoms with van der Waals surface area (Å²) >= 11 is 0. The van der Waals surface area contributed by atoms with Crippen molar-refractivity contribution in [1.29, 1.82) is 0 Å². The second-order valence-corrected chi connectivity index (χ2v) is 11.4. The Balaban J connectivity index is 1.40. The second-order valence-electron chi connectivity index (χ2n) is 9.49. The summed E-state index contributed by atoms with van der Waals surface area (Å²) in [6, 6.07) is 28.4. The first-order valence-electron chi connectivity index (χ1n) is 12.3. The maximum atomic E-state index is 13.5. The molecule has 1 amide bonds. The van der Waals surface area contributed by atoms with Gasteiger partial charge in [-0.25, -0.2) is 8.42 Å². The van der Waals surface area contributed by atoms with Crippen molar-refractivity contribution in [3.8, 4) is 0 Å². The Bertz CT molecular complexity index is 1180. The Morgan fingerprint density at radius 2 is 1.23 bits per heavy atom. The first-order chi connectivity index (χ1) is 16.9. The van der Waals surface area contributed by atoms with Crippen molar-refractivity contribution in [1.82, 2.24) is 9.21 Å². The molecule has 0 aliphatic heterocycles. The largest absolute Gasteiger partial charge is 0.341 e. The van der Waals surface area contributed by atoms with Crippen molar-refractivity contribution >= 4 is 15.9 Å². The van der Waals surface area contributed by atoms with Crippen LogP contribution in [0.2, 0.25) is 0 Å². The van der Waals surface area contributed by atoms with Gasteiger partial charge in [0.05, 0.1) is 4.90 Å². The molecule has 3 aromatic rings. The fraction of sp³-hybridized carbons (Fsp3) is 0.345. The van der Waals surface area contributed by atoms with Crippen LogP contribution in [-0.2, 0) is 27.9 Å². The number of carbonyl (C=O) groups is 1. The maximum Gasteiger partial charge on any atom is 0.243 e. The van der Waals surface area contributed by atoms with Crippen LogP contribution in [0, 0.1) is 11.8 Å². The number of benzene rings is 3. The molecule has 0 atom stereocenters. The molecule has 3 aromatic carbocycles. The summed E-state index contributed by atoms with van der Waals surface area (Å²) in [6.07, 6.45) is 3.30. The van der Waals surface area contributed by atoms with Gasteiger partial charge in [0.2, 0.25) is 15.9 Å². The highest BCUT2D eigenvalue weighted by Gasteiger charge is 2.32. The molecule has 0 aromatic heterocycles. The molecule has 1 aliphatic carbocycles. The smallest absolute Gasteiger partial charge is 0.243 e. The molecule has 184 valence electrons. The van der Waals surface area contributed by atoms with Gasteiger partial charge in [-0.05, 0) is 54.9 Å². The summed E-state index contributed by atoms with van der Waals surface area (Å²) in [5, 5.41) is 0. The lowest BCUT2D eigenvalue weighted by Gasteiger charge is -2.33. The first kappa shape index (κ1) is 25.1. The van der Waals surface area contributed by atoms with Crippen LogP contribution in [0.4, 0.5) is 0 Å². The number of rotatable bonds is 9. The van der Waals surface area contributed by atoms with E-state index in [-0.39, 0.29) is 17.7 Å². The Morgan fingerprint density at radius 1 is 0.743 bits per heavy atom. The molecule has 35 heavy (non-hydrogen) atoms. The molecule has 0 unspecified atom stereocenters. The molecule has 1 saturated carbocycles. The van der Waals surface area contributed by atoms with E-state index in [0.29, 0.717) is 24.5 Å². The molecular weight excluding hydrogens is 456 g/mol. The second kappa shape index (κ2) is 11.6. The minimum atomic E-state index is -3.62. The number of nitrogens with zero attached hydrogens (tertiary/aromatic N) is 2. The molecule has 4 rings (SSSR count). The Morgan fingerprint density at radius 3 is 1.77 bits per heavy atom. The Kier molecular flexibility index (Phi) is 8.37. The van der Waals surface area contributed by atoms with E-state index in [1.54, 1.807) is 28.6 Å². The summed E-state index contributed by atoms with van der Waals surface area (Å²) in [4.78, 5) is 15.2. The topological polar surface area (TPSA) is 57.7 Å². The van der Waals surface area contributed by atoms with Gasteiger partial charge in [0.15, 0.2) is 0 Å². The quantitative estimate of drug-likeness (QED) is 0.407. The summed E-state index contributed by atoms with van der Waals surface area (Å²) < 4.78 is 28.6. The molecule has 5 nitrogen and oxygen atoms in total. The third-order valence-electron chi connectivity index (χ3n) is 6.88. The number of hydrogen-bond acceptors (Lipinski definition) is 3. The van der Waals surface area contributed by atoms with Crippen LogP contribution >= 0.6 is 0 Å². The van der Waals surface area contributed by atoms with Crippen molar-refractivity contribution < 1.29 is 13.2 Å². The lowest BCUT2D eigenvalue weighted by Crippen LogP contribution is -2.38. The van der Waals surface area contributed by atoms with E-state index >= 15 is 0 Å². The van der Waals surface area contributed by atoms with Crippen LogP contribution in [-0.4, -0.2) is 37.1 Å². The summed E-state index contributed by atoms with van der Waals surface area (Å²) in [7, 11) is -1.75. The zero-order chi connectivity index (χ0) is 24.7. The third-order valence-corrected chi connectivity index (χ3v) is 8.71. The van der Waals surface area contributed by atoms with E-state index in [1.165, 1.54) is 0 Å². The zero-order valence-corrected chi connectivity index (χ0v) is 21.1. The molecule has 6 heteroatoms. The Hall–Kier alpha value is -2.96. The van der Waals surface area contributed by atoms with E-state index in [1.807, 2.05) is 78.7 Å². The molecule has 0 bridgehead atoms. The predicted molar refractivity (Wildman–Crippen MR) is 139 cm³/mol. The molecule has 1 fully saturated rings. The third kappa shape index (κ3) is 6.59. The standard InChI is InChI=1S/C29H34N2O3S/c1-30(21-24-11-5-2-6-12-24)29(32)27-19-17-26(18-20-27)23-31(22-25-13-7-3-8-14-25)35(33,34)28-15-9-4-10-16-28/h2-16,26-27H,17-23H2,1H3. The summed E-state index contributed by atoms with van der Waals surface area (Å²) in [5.41, 5.74) is 2.10. The van der Waals surface area contributed by atoms with Crippen molar-refractivity contribution in [2.75, 3.05) is 13.6 Å². The monoisotopic (exact) mass is 490 g/mol. The van der Waals surface area contributed by atoms with Crippen LogP contribution in [0.25, 0.3) is 0 Å². The van der Waals surface area contributed by atoms with Crippen molar-refractivity contribution in [2.45, 2.75) is 43.7 Å². The van der Waals surface area contributed by atoms with Crippen molar-refractivity contribution in [3.63, 3.8) is 0 Å². The van der Waals surface area contributed by atoms with Crippen LogP contribution in [0.3, 0.4) is 0 Å². The average Bonchev–Trinajstić information content (AvgIpc) is 2.90. The van der Waals surface area contributed by atoms with E-state index in [4.69, 9.17) is 0 Å². The van der Waals surface area contributed by atoms with Crippen molar-refractivity contribution in [2.24, 2.45) is 11.8 Å². The van der Waals surface area contributed by atoms with E-state index in [9.17, 15) is 13.2 Å². The van der Waals surface area contributed by atoms with Crippen LogP contribution < -0.4 is 0 Å². The summed E-state index contributed by atoms with van der Waals surface area (Å²) in [5.74, 6) is 0.430. The number of carbonyl (C=O) groups excluding carboxylic acids is 1. The molecular formula is C29H34N2O3S. The van der Waals surface area contributed by atoms with Crippen molar-refractivity contribution in [3.05, 3.63) is 102 Å².